The number of carboxylic acid groups (broad SMARTS) is 1. The van der Waals surface area contributed by atoms with Crippen molar-refractivity contribution >= 4 is 29.6 Å². The van der Waals surface area contributed by atoms with Gasteiger partial charge < -0.3 is 37.6 Å². The molecule has 1 rings (SSSR count). The summed E-state index contributed by atoms with van der Waals surface area (Å²) in [6.07, 6.45) is -0.433. The van der Waals surface area contributed by atoms with Gasteiger partial charge in [0.25, 0.3) is 0 Å². The predicted octanol–water partition coefficient (Wildman–Crippen LogP) is -2.67. The number of primary amides is 1. The summed E-state index contributed by atoms with van der Waals surface area (Å²) in [4.78, 5) is 58.2. The molecule has 0 aromatic heterocycles. The Morgan fingerprint density at radius 1 is 1.00 bits per heavy atom. The number of phenolic OH excluding ortho intramolecular Hbond substituents is 1. The second kappa shape index (κ2) is 11.4. The molecule has 0 radical (unpaired) electrons. The van der Waals surface area contributed by atoms with Crippen molar-refractivity contribution < 1.29 is 34.2 Å². The number of nitrogens with two attached hydrogens (primary N) is 2. The van der Waals surface area contributed by atoms with E-state index in [0.29, 0.717) is 5.56 Å². The van der Waals surface area contributed by atoms with E-state index in [0.717, 1.165) is 0 Å². The third-order valence-electron chi connectivity index (χ3n) is 3.93. The lowest BCUT2D eigenvalue weighted by atomic mass is 10.0. The highest BCUT2D eigenvalue weighted by molar-refractivity contribution is 5.94. The summed E-state index contributed by atoms with van der Waals surface area (Å²) in [5, 5.41) is 24.9. The van der Waals surface area contributed by atoms with E-state index in [1.165, 1.54) is 31.2 Å². The van der Waals surface area contributed by atoms with Gasteiger partial charge in [-0.2, -0.15) is 0 Å². The lowest BCUT2D eigenvalue weighted by Gasteiger charge is -2.22. The highest BCUT2D eigenvalue weighted by Crippen LogP contribution is 2.12. The van der Waals surface area contributed by atoms with Gasteiger partial charge in [0.2, 0.25) is 23.6 Å². The molecule has 3 atom stereocenters. The molecule has 164 valence electrons. The van der Waals surface area contributed by atoms with Crippen LogP contribution in [0.5, 0.6) is 5.75 Å². The molecular formula is C18H25N5O7. The number of carboxylic acids is 1. The van der Waals surface area contributed by atoms with Gasteiger partial charge in [0.15, 0.2) is 0 Å². The molecule has 1 aromatic carbocycles. The van der Waals surface area contributed by atoms with Crippen LogP contribution >= 0.6 is 0 Å². The van der Waals surface area contributed by atoms with E-state index < -0.39 is 60.7 Å². The number of aliphatic carboxylic acids is 1. The topological polar surface area (TPSA) is 214 Å². The van der Waals surface area contributed by atoms with Crippen molar-refractivity contribution in [2.45, 2.75) is 37.9 Å². The predicted molar refractivity (Wildman–Crippen MR) is 104 cm³/mol. The van der Waals surface area contributed by atoms with Crippen LogP contribution in [0.2, 0.25) is 0 Å². The van der Waals surface area contributed by atoms with Crippen LogP contribution in [0.15, 0.2) is 24.3 Å². The number of rotatable bonds is 11. The first-order valence-electron chi connectivity index (χ1n) is 8.91. The van der Waals surface area contributed by atoms with Gasteiger partial charge in [-0.05, 0) is 24.6 Å². The van der Waals surface area contributed by atoms with E-state index in [1.54, 1.807) is 0 Å². The number of aromatic hydroxyl groups is 1. The van der Waals surface area contributed by atoms with E-state index in [-0.39, 0.29) is 12.2 Å². The number of benzene rings is 1. The van der Waals surface area contributed by atoms with Gasteiger partial charge in [0.1, 0.15) is 24.4 Å². The monoisotopic (exact) mass is 423 g/mol. The van der Waals surface area contributed by atoms with Crippen molar-refractivity contribution in [2.24, 2.45) is 11.5 Å². The number of carbonyl (C=O) groups excluding carboxylic acids is 4. The van der Waals surface area contributed by atoms with Crippen molar-refractivity contribution in [1.29, 1.82) is 0 Å². The summed E-state index contributed by atoms with van der Waals surface area (Å²) in [5.74, 6) is -4.29. The van der Waals surface area contributed by atoms with Gasteiger partial charge in [-0.1, -0.05) is 12.1 Å². The lowest BCUT2D eigenvalue weighted by molar-refractivity contribution is -0.138. The maximum Gasteiger partial charge on any atom is 0.322 e. The second-order valence-electron chi connectivity index (χ2n) is 6.55. The third-order valence-corrected chi connectivity index (χ3v) is 3.93. The van der Waals surface area contributed by atoms with Gasteiger partial charge in [-0.15, -0.1) is 0 Å². The van der Waals surface area contributed by atoms with Crippen molar-refractivity contribution in [3.05, 3.63) is 29.8 Å². The highest BCUT2D eigenvalue weighted by atomic mass is 16.4. The number of nitrogens with one attached hydrogen (secondary N) is 3. The fourth-order valence-corrected chi connectivity index (χ4v) is 2.36. The molecular weight excluding hydrogens is 398 g/mol. The summed E-state index contributed by atoms with van der Waals surface area (Å²) in [6, 6.07) is 2.34. The Labute approximate surface area is 172 Å². The maximum atomic E-state index is 12.6. The highest BCUT2D eigenvalue weighted by Gasteiger charge is 2.27. The molecule has 0 saturated carbocycles. The van der Waals surface area contributed by atoms with Gasteiger partial charge >= 0.3 is 5.97 Å². The minimum absolute atomic E-state index is 0.00932. The lowest BCUT2D eigenvalue weighted by Crippen LogP contribution is -2.56. The largest absolute Gasteiger partial charge is 0.508 e. The number of amides is 4. The molecule has 3 unspecified atom stereocenters. The van der Waals surface area contributed by atoms with Crippen molar-refractivity contribution in [3.63, 3.8) is 0 Å². The first kappa shape index (κ1) is 24.4. The molecule has 4 amide bonds. The van der Waals surface area contributed by atoms with Crippen molar-refractivity contribution in [1.82, 2.24) is 16.0 Å². The van der Waals surface area contributed by atoms with Crippen molar-refractivity contribution in [2.75, 3.05) is 6.54 Å². The average molecular weight is 423 g/mol. The minimum Gasteiger partial charge on any atom is -0.508 e. The van der Waals surface area contributed by atoms with E-state index >= 15 is 0 Å². The summed E-state index contributed by atoms with van der Waals surface area (Å²) in [7, 11) is 0. The fraction of sp³-hybridized carbons (Fsp3) is 0.389. The van der Waals surface area contributed by atoms with Gasteiger partial charge in [-0.25, -0.2) is 0 Å². The van der Waals surface area contributed by atoms with Gasteiger partial charge in [0.05, 0.1) is 12.5 Å². The molecule has 30 heavy (non-hydrogen) atoms. The Balaban J connectivity index is 2.89. The summed E-state index contributed by atoms with van der Waals surface area (Å²) < 4.78 is 0. The Kier molecular flexibility index (Phi) is 9.23. The van der Waals surface area contributed by atoms with Gasteiger partial charge in [-0.3, -0.25) is 24.0 Å². The zero-order valence-electron chi connectivity index (χ0n) is 16.3. The molecule has 9 N–H and O–H groups in total. The molecule has 0 fully saturated rings. The smallest absolute Gasteiger partial charge is 0.322 e. The van der Waals surface area contributed by atoms with E-state index in [1.807, 2.05) is 0 Å². The van der Waals surface area contributed by atoms with Crippen LogP contribution in [0.1, 0.15) is 18.9 Å². The molecule has 0 aliphatic carbocycles. The number of carbonyl (C=O) groups is 5. The van der Waals surface area contributed by atoms with E-state index in [4.69, 9.17) is 16.6 Å². The van der Waals surface area contributed by atoms with Crippen LogP contribution in [0.25, 0.3) is 0 Å². The molecule has 0 aliphatic heterocycles. The van der Waals surface area contributed by atoms with Gasteiger partial charge in [0, 0.05) is 6.42 Å². The first-order chi connectivity index (χ1) is 14.0. The second-order valence-corrected chi connectivity index (χ2v) is 6.55. The SMILES string of the molecule is CC(NC(=O)C(Cc1ccc(O)cc1)NC(=O)C(N)CC(N)=O)C(=O)NCC(=O)O. The first-order valence-corrected chi connectivity index (χ1v) is 8.91. The molecule has 12 nitrogen and oxygen atoms in total. The van der Waals surface area contributed by atoms with E-state index in [9.17, 15) is 29.1 Å². The standard InChI is InChI=1S/C18H25N5O7/c1-9(16(28)21-8-15(26)27)22-18(30)13(6-10-2-4-11(24)5-3-10)23-17(29)12(19)7-14(20)25/h2-5,9,12-13,24H,6-8,19H2,1H3,(H2,20,25)(H,21,28)(H,22,30)(H,23,29)(H,26,27). The average Bonchev–Trinajstić information content (AvgIpc) is 2.66. The van der Waals surface area contributed by atoms with Crippen LogP contribution < -0.4 is 27.4 Å². The minimum atomic E-state index is -1.27. The molecule has 12 heteroatoms. The van der Waals surface area contributed by atoms with E-state index in [2.05, 4.69) is 16.0 Å². The van der Waals surface area contributed by atoms with Crippen LogP contribution in [-0.2, 0) is 30.4 Å². The molecule has 0 spiro atoms. The molecule has 0 saturated heterocycles. The van der Waals surface area contributed by atoms with Crippen LogP contribution in [0.4, 0.5) is 0 Å². The number of phenols is 1. The Morgan fingerprint density at radius 2 is 1.60 bits per heavy atom. The molecule has 1 aromatic rings. The quantitative estimate of drug-likeness (QED) is 0.199. The number of hydrogen-bond acceptors (Lipinski definition) is 7. The normalized spacial score (nSPS) is 13.4. The molecule has 0 bridgehead atoms. The fourth-order valence-electron chi connectivity index (χ4n) is 2.36. The Morgan fingerprint density at radius 3 is 2.13 bits per heavy atom. The van der Waals surface area contributed by atoms with Crippen LogP contribution in [0, 0.1) is 0 Å². The maximum absolute atomic E-state index is 12.6. The number of hydrogen-bond donors (Lipinski definition) is 7. The zero-order chi connectivity index (χ0) is 22.8. The van der Waals surface area contributed by atoms with Crippen LogP contribution in [0.3, 0.4) is 0 Å². The van der Waals surface area contributed by atoms with Crippen LogP contribution in [-0.4, -0.2) is 64.5 Å². The summed E-state index contributed by atoms with van der Waals surface area (Å²) >= 11 is 0. The Bertz CT molecular complexity index is 797. The molecule has 0 aliphatic rings. The summed E-state index contributed by atoms with van der Waals surface area (Å²) in [6.45, 7) is 0.724. The Hall–Kier alpha value is -3.67. The van der Waals surface area contributed by atoms with Crippen molar-refractivity contribution in [3.8, 4) is 5.75 Å². The third kappa shape index (κ3) is 8.56. The summed E-state index contributed by atoms with van der Waals surface area (Å²) in [5.41, 5.74) is 11.2. The molecule has 0 heterocycles. The zero-order valence-corrected chi connectivity index (χ0v) is 16.3.